The van der Waals surface area contributed by atoms with Crippen LogP contribution in [-0.2, 0) is 0 Å². The summed E-state index contributed by atoms with van der Waals surface area (Å²) in [6.07, 6.45) is 7.23. The SMILES string of the molecule is Cc1cnc2c(-c3cc(NC4(C)CC4)c(C(=O)NC[C@@H](F)C(C)(C)O)cn3)cnn2c1. The van der Waals surface area contributed by atoms with Crippen molar-refractivity contribution in [3.05, 3.63) is 42.0 Å². The Morgan fingerprint density at radius 2 is 2.06 bits per heavy atom. The Bertz CT molecular complexity index is 1130. The number of carbonyl (C=O) groups is 1. The van der Waals surface area contributed by atoms with Crippen molar-refractivity contribution in [2.24, 2.45) is 0 Å². The molecule has 0 bridgehead atoms. The second-order valence-electron chi connectivity index (χ2n) is 9.09. The Labute approximate surface area is 179 Å². The first-order valence-corrected chi connectivity index (χ1v) is 10.3. The minimum atomic E-state index is -1.59. The van der Waals surface area contributed by atoms with E-state index in [0.29, 0.717) is 22.6 Å². The number of nitrogens with zero attached hydrogens (tertiary/aromatic N) is 4. The van der Waals surface area contributed by atoms with Crippen molar-refractivity contribution < 1.29 is 14.3 Å². The molecule has 1 atom stereocenters. The number of alkyl halides is 1. The topological polar surface area (TPSA) is 104 Å². The van der Waals surface area contributed by atoms with Crippen LogP contribution in [0.4, 0.5) is 10.1 Å². The Hall–Kier alpha value is -3.07. The number of pyridine rings is 1. The lowest BCUT2D eigenvalue weighted by atomic mass is 10.0. The second kappa shape index (κ2) is 7.56. The van der Waals surface area contributed by atoms with Crippen LogP contribution in [0.15, 0.2) is 30.9 Å². The number of halogens is 1. The number of amides is 1. The maximum Gasteiger partial charge on any atom is 0.255 e. The highest BCUT2D eigenvalue weighted by Crippen LogP contribution is 2.39. The minimum absolute atomic E-state index is 0.0835. The highest BCUT2D eigenvalue weighted by molar-refractivity contribution is 6.00. The first-order chi connectivity index (χ1) is 14.6. The maximum atomic E-state index is 14.1. The number of aliphatic hydroxyl groups is 1. The highest BCUT2D eigenvalue weighted by atomic mass is 19.1. The van der Waals surface area contributed by atoms with Gasteiger partial charge < -0.3 is 15.7 Å². The van der Waals surface area contributed by atoms with E-state index >= 15 is 0 Å². The summed E-state index contributed by atoms with van der Waals surface area (Å²) in [6.45, 7) is 6.47. The number of rotatable bonds is 7. The van der Waals surface area contributed by atoms with E-state index in [-0.39, 0.29) is 12.1 Å². The van der Waals surface area contributed by atoms with Crippen molar-refractivity contribution in [1.29, 1.82) is 0 Å². The van der Waals surface area contributed by atoms with Gasteiger partial charge in [-0.25, -0.2) is 13.9 Å². The summed E-state index contributed by atoms with van der Waals surface area (Å²) < 4.78 is 15.8. The van der Waals surface area contributed by atoms with E-state index in [4.69, 9.17) is 0 Å². The van der Waals surface area contributed by atoms with Crippen molar-refractivity contribution in [3.63, 3.8) is 0 Å². The lowest BCUT2D eigenvalue weighted by Crippen LogP contribution is -2.42. The molecule has 0 unspecified atom stereocenters. The predicted molar refractivity (Wildman–Crippen MR) is 116 cm³/mol. The van der Waals surface area contributed by atoms with Crippen LogP contribution in [0, 0.1) is 6.92 Å². The third-order valence-corrected chi connectivity index (χ3v) is 5.55. The zero-order valence-electron chi connectivity index (χ0n) is 18.1. The van der Waals surface area contributed by atoms with Gasteiger partial charge in [-0.15, -0.1) is 0 Å². The molecule has 0 spiro atoms. The van der Waals surface area contributed by atoms with Gasteiger partial charge >= 0.3 is 0 Å². The molecule has 164 valence electrons. The summed E-state index contributed by atoms with van der Waals surface area (Å²) in [5.41, 5.74) is 2.36. The fraction of sp³-hybridized carbons (Fsp3) is 0.455. The predicted octanol–water partition coefficient (Wildman–Crippen LogP) is 2.90. The Balaban J connectivity index is 1.65. The fourth-order valence-corrected chi connectivity index (χ4v) is 3.20. The number of nitrogens with one attached hydrogen (secondary N) is 2. The number of aryl methyl sites for hydroxylation is 1. The molecule has 0 radical (unpaired) electrons. The molecular weight excluding hydrogens is 399 g/mol. The Morgan fingerprint density at radius 1 is 1.32 bits per heavy atom. The molecule has 31 heavy (non-hydrogen) atoms. The van der Waals surface area contributed by atoms with Crippen LogP contribution in [0.5, 0.6) is 0 Å². The molecule has 0 aliphatic heterocycles. The summed E-state index contributed by atoms with van der Waals surface area (Å²) in [7, 11) is 0. The number of anilines is 1. The molecular formula is C22H27FN6O2. The molecule has 0 saturated heterocycles. The molecule has 1 fully saturated rings. The van der Waals surface area contributed by atoms with E-state index < -0.39 is 17.7 Å². The molecule has 0 aromatic carbocycles. The van der Waals surface area contributed by atoms with Crippen LogP contribution in [0.1, 0.15) is 49.5 Å². The Morgan fingerprint density at radius 3 is 2.74 bits per heavy atom. The first kappa shape index (κ1) is 21.2. The lowest BCUT2D eigenvalue weighted by molar-refractivity contribution is -0.00177. The molecule has 1 aliphatic rings. The molecule has 1 amide bonds. The van der Waals surface area contributed by atoms with E-state index in [0.717, 1.165) is 24.0 Å². The fourth-order valence-electron chi connectivity index (χ4n) is 3.20. The number of hydrogen-bond acceptors (Lipinski definition) is 6. The van der Waals surface area contributed by atoms with Gasteiger partial charge in [0.05, 0.1) is 40.9 Å². The molecule has 1 saturated carbocycles. The summed E-state index contributed by atoms with van der Waals surface area (Å²) in [5, 5.41) is 20.1. The van der Waals surface area contributed by atoms with E-state index in [2.05, 4.69) is 32.6 Å². The third-order valence-electron chi connectivity index (χ3n) is 5.55. The van der Waals surface area contributed by atoms with Crippen molar-refractivity contribution in [3.8, 4) is 11.3 Å². The zero-order valence-corrected chi connectivity index (χ0v) is 18.1. The van der Waals surface area contributed by atoms with Crippen LogP contribution < -0.4 is 10.6 Å². The van der Waals surface area contributed by atoms with Crippen molar-refractivity contribution in [2.75, 3.05) is 11.9 Å². The molecule has 3 heterocycles. The zero-order chi connectivity index (χ0) is 22.4. The number of fused-ring (bicyclic) bond motifs is 1. The van der Waals surface area contributed by atoms with Gasteiger partial charge in [0.25, 0.3) is 5.91 Å². The van der Waals surface area contributed by atoms with Crippen molar-refractivity contribution in [2.45, 2.75) is 57.8 Å². The van der Waals surface area contributed by atoms with Crippen LogP contribution in [-0.4, -0.2) is 54.5 Å². The number of aromatic nitrogens is 4. The Kier molecular flexibility index (Phi) is 5.17. The average molecular weight is 426 g/mol. The molecule has 3 N–H and O–H groups in total. The van der Waals surface area contributed by atoms with Crippen molar-refractivity contribution in [1.82, 2.24) is 24.9 Å². The van der Waals surface area contributed by atoms with Gasteiger partial charge in [-0.2, -0.15) is 5.10 Å². The van der Waals surface area contributed by atoms with Crippen LogP contribution >= 0.6 is 0 Å². The van der Waals surface area contributed by atoms with Crippen LogP contribution in [0.25, 0.3) is 16.9 Å². The van der Waals surface area contributed by atoms with E-state index in [1.807, 2.05) is 13.1 Å². The minimum Gasteiger partial charge on any atom is -0.387 e. The van der Waals surface area contributed by atoms with Gasteiger partial charge in [-0.05, 0) is 52.2 Å². The van der Waals surface area contributed by atoms with E-state index in [9.17, 15) is 14.3 Å². The van der Waals surface area contributed by atoms with Gasteiger partial charge in [-0.3, -0.25) is 9.78 Å². The number of hydrogen-bond donors (Lipinski definition) is 3. The largest absolute Gasteiger partial charge is 0.387 e. The van der Waals surface area contributed by atoms with Gasteiger partial charge in [0.1, 0.15) is 6.17 Å². The van der Waals surface area contributed by atoms with Crippen LogP contribution in [0.3, 0.4) is 0 Å². The molecule has 4 rings (SSSR count). The summed E-state index contributed by atoms with van der Waals surface area (Å²) >= 11 is 0. The summed E-state index contributed by atoms with van der Waals surface area (Å²) in [5.74, 6) is -0.452. The van der Waals surface area contributed by atoms with Crippen LogP contribution in [0.2, 0.25) is 0 Å². The normalized spacial score (nSPS) is 16.2. The van der Waals surface area contributed by atoms with Gasteiger partial charge in [0.2, 0.25) is 0 Å². The van der Waals surface area contributed by atoms with Crippen molar-refractivity contribution >= 4 is 17.2 Å². The molecule has 1 aliphatic carbocycles. The van der Waals surface area contributed by atoms with Gasteiger partial charge in [0.15, 0.2) is 5.65 Å². The molecule has 9 heteroatoms. The standard InChI is InChI=1S/C22H27FN6O2/c1-13-8-25-19-14(10-27-29(19)12-13)16-7-17(28-22(4)5-6-22)15(9-24-16)20(30)26-11-18(23)21(2,3)31/h7-10,12,18,31H,5-6,11H2,1-4H3,(H,24,28)(H,26,30)/t18-/m1/s1. The maximum absolute atomic E-state index is 14.1. The average Bonchev–Trinajstić information content (AvgIpc) is 3.28. The van der Waals surface area contributed by atoms with Gasteiger partial charge in [-0.1, -0.05) is 0 Å². The quantitative estimate of drug-likeness (QED) is 0.537. The van der Waals surface area contributed by atoms with Gasteiger partial charge in [0, 0.05) is 24.1 Å². The second-order valence-corrected chi connectivity index (χ2v) is 9.09. The smallest absolute Gasteiger partial charge is 0.255 e. The monoisotopic (exact) mass is 426 g/mol. The molecule has 8 nitrogen and oxygen atoms in total. The summed E-state index contributed by atoms with van der Waals surface area (Å²) in [6, 6.07) is 1.81. The molecule has 3 aromatic heterocycles. The lowest BCUT2D eigenvalue weighted by Gasteiger charge is -2.23. The van der Waals surface area contributed by atoms with E-state index in [1.54, 1.807) is 23.0 Å². The van der Waals surface area contributed by atoms with E-state index in [1.165, 1.54) is 20.0 Å². The number of carbonyl (C=O) groups excluding carboxylic acids is 1. The first-order valence-electron chi connectivity index (χ1n) is 10.3. The highest BCUT2D eigenvalue weighted by Gasteiger charge is 2.38. The summed E-state index contributed by atoms with van der Waals surface area (Å²) in [4.78, 5) is 21.7. The molecule has 3 aromatic rings. The third kappa shape index (κ3) is 4.51.